The predicted octanol–water partition coefficient (Wildman–Crippen LogP) is 2.85. The number of nitrogens with one attached hydrogen (secondary N) is 1. The first-order valence-electron chi connectivity index (χ1n) is 6.97. The molecule has 1 aromatic carbocycles. The molecule has 0 fully saturated rings. The maximum Gasteiger partial charge on any atom is 0.124 e. The first-order chi connectivity index (χ1) is 9.33. The molecular weight excluding hydrogens is 258 g/mol. The lowest BCUT2D eigenvalue weighted by molar-refractivity contribution is 0.296. The van der Waals surface area contributed by atoms with E-state index in [9.17, 15) is 0 Å². The molecule has 1 rings (SSSR count). The Bertz CT molecular complexity index is 347. The zero-order chi connectivity index (χ0) is 13.9. The summed E-state index contributed by atoms with van der Waals surface area (Å²) >= 11 is 1.87. The first-order valence-corrected chi connectivity index (χ1v) is 8.12. The largest absolute Gasteiger partial charge is 0.494 e. The van der Waals surface area contributed by atoms with Crippen LogP contribution >= 0.6 is 11.8 Å². The summed E-state index contributed by atoms with van der Waals surface area (Å²) in [5.41, 5.74) is 1.22. The summed E-state index contributed by atoms with van der Waals surface area (Å²) < 4.78 is 5.70. The lowest BCUT2D eigenvalue weighted by Crippen LogP contribution is -2.23. The molecule has 0 aliphatic heterocycles. The summed E-state index contributed by atoms with van der Waals surface area (Å²) in [4.78, 5) is 0. The van der Waals surface area contributed by atoms with E-state index < -0.39 is 0 Å². The second-order valence-corrected chi connectivity index (χ2v) is 5.38. The van der Waals surface area contributed by atoms with Gasteiger partial charge < -0.3 is 15.2 Å². The van der Waals surface area contributed by atoms with E-state index in [1.54, 1.807) is 0 Å². The third-order valence-corrected chi connectivity index (χ3v) is 3.92. The molecule has 2 N–H and O–H groups in total. The fourth-order valence-electron chi connectivity index (χ4n) is 1.93. The minimum atomic E-state index is 0.272. The van der Waals surface area contributed by atoms with Gasteiger partial charge in [0.25, 0.3) is 0 Å². The van der Waals surface area contributed by atoms with E-state index in [2.05, 4.69) is 24.4 Å². The molecule has 0 aliphatic rings. The van der Waals surface area contributed by atoms with Crippen LogP contribution in [0.25, 0.3) is 0 Å². The van der Waals surface area contributed by atoms with Crippen molar-refractivity contribution in [3.8, 4) is 5.75 Å². The number of rotatable bonds is 10. The van der Waals surface area contributed by atoms with Crippen LogP contribution in [0.3, 0.4) is 0 Å². The van der Waals surface area contributed by atoms with Crippen LogP contribution in [0, 0.1) is 0 Å². The first kappa shape index (κ1) is 16.3. The van der Waals surface area contributed by atoms with Crippen molar-refractivity contribution in [2.24, 2.45) is 0 Å². The number of thioether (sulfide) groups is 1. The summed E-state index contributed by atoms with van der Waals surface area (Å²) in [6.45, 7) is 6.03. The third kappa shape index (κ3) is 5.85. The topological polar surface area (TPSA) is 41.5 Å². The fraction of sp³-hybridized carbons (Fsp3) is 0.600. The molecule has 1 atom stereocenters. The molecule has 4 heteroatoms. The quantitative estimate of drug-likeness (QED) is 0.648. The summed E-state index contributed by atoms with van der Waals surface area (Å²) in [7, 11) is 0. The third-order valence-electron chi connectivity index (χ3n) is 2.78. The lowest BCUT2D eigenvalue weighted by atomic mass is 10.1. The van der Waals surface area contributed by atoms with E-state index in [-0.39, 0.29) is 6.61 Å². The van der Waals surface area contributed by atoms with Gasteiger partial charge in [-0.2, -0.15) is 11.8 Å². The highest BCUT2D eigenvalue weighted by Gasteiger charge is 2.14. The molecule has 0 spiro atoms. The monoisotopic (exact) mass is 283 g/mol. The Hall–Kier alpha value is -0.710. The Morgan fingerprint density at radius 1 is 1.32 bits per heavy atom. The number of hydrogen-bond donors (Lipinski definition) is 2. The van der Waals surface area contributed by atoms with E-state index in [1.807, 2.05) is 30.8 Å². The molecule has 0 heterocycles. The highest BCUT2D eigenvalue weighted by molar-refractivity contribution is 7.99. The number of benzene rings is 1. The van der Waals surface area contributed by atoms with Crippen molar-refractivity contribution in [1.29, 1.82) is 0 Å². The maximum atomic E-state index is 8.82. The Balaban J connectivity index is 2.68. The smallest absolute Gasteiger partial charge is 0.124 e. The molecule has 0 amide bonds. The highest BCUT2D eigenvalue weighted by atomic mass is 32.2. The second kappa shape index (κ2) is 10.1. The van der Waals surface area contributed by atoms with Gasteiger partial charge >= 0.3 is 0 Å². The van der Waals surface area contributed by atoms with Crippen molar-refractivity contribution >= 4 is 11.8 Å². The molecule has 0 bridgehead atoms. The zero-order valence-electron chi connectivity index (χ0n) is 11.9. The van der Waals surface area contributed by atoms with Gasteiger partial charge in [-0.05, 0) is 31.7 Å². The van der Waals surface area contributed by atoms with Crippen molar-refractivity contribution in [2.45, 2.75) is 26.3 Å². The fourth-order valence-corrected chi connectivity index (χ4v) is 2.96. The van der Waals surface area contributed by atoms with Crippen molar-refractivity contribution in [3.63, 3.8) is 0 Å². The van der Waals surface area contributed by atoms with E-state index in [1.165, 1.54) is 5.56 Å². The maximum absolute atomic E-state index is 8.82. The van der Waals surface area contributed by atoms with Crippen LogP contribution in [0.2, 0.25) is 0 Å². The number of hydrogen-bond acceptors (Lipinski definition) is 4. The normalized spacial score (nSPS) is 12.4. The van der Waals surface area contributed by atoms with Gasteiger partial charge in [-0.1, -0.05) is 25.1 Å². The minimum absolute atomic E-state index is 0.272. The molecule has 0 aromatic heterocycles. The van der Waals surface area contributed by atoms with E-state index >= 15 is 0 Å². The Morgan fingerprint density at radius 2 is 2.11 bits per heavy atom. The van der Waals surface area contributed by atoms with Crippen molar-refractivity contribution in [1.82, 2.24) is 5.32 Å². The molecule has 0 saturated carbocycles. The molecule has 0 aliphatic carbocycles. The average Bonchev–Trinajstić information content (AvgIpc) is 2.43. The Kier molecular flexibility index (Phi) is 8.71. The van der Waals surface area contributed by atoms with Gasteiger partial charge in [0, 0.05) is 24.0 Å². The van der Waals surface area contributed by atoms with Gasteiger partial charge in [-0.15, -0.1) is 0 Å². The standard InChI is InChI=1S/C15H25NO2S/c1-3-16-14(12-19-11-7-10-17)13-8-5-6-9-15(13)18-4-2/h5-6,8-9,14,16-17H,3-4,7,10-12H2,1-2H3. The van der Waals surface area contributed by atoms with Gasteiger partial charge in [0.15, 0.2) is 0 Å². The van der Waals surface area contributed by atoms with Gasteiger partial charge in [0.2, 0.25) is 0 Å². The number of aliphatic hydroxyl groups excluding tert-OH is 1. The summed E-state index contributed by atoms with van der Waals surface area (Å²) in [6, 6.07) is 8.53. The zero-order valence-corrected chi connectivity index (χ0v) is 12.7. The van der Waals surface area contributed by atoms with Crippen LogP contribution in [-0.2, 0) is 0 Å². The lowest BCUT2D eigenvalue weighted by Gasteiger charge is -2.21. The van der Waals surface area contributed by atoms with E-state index in [4.69, 9.17) is 9.84 Å². The second-order valence-electron chi connectivity index (χ2n) is 4.23. The Labute approximate surface area is 120 Å². The molecule has 108 valence electrons. The van der Waals surface area contributed by atoms with E-state index in [0.717, 1.165) is 30.2 Å². The molecule has 1 aromatic rings. The number of ether oxygens (including phenoxy) is 1. The summed E-state index contributed by atoms with van der Waals surface area (Å²) in [5.74, 6) is 2.96. The van der Waals surface area contributed by atoms with Crippen LogP contribution < -0.4 is 10.1 Å². The molecule has 3 nitrogen and oxygen atoms in total. The van der Waals surface area contributed by atoms with Gasteiger partial charge in [0.1, 0.15) is 5.75 Å². The average molecular weight is 283 g/mol. The molecule has 1 unspecified atom stereocenters. The van der Waals surface area contributed by atoms with Crippen LogP contribution in [0.5, 0.6) is 5.75 Å². The van der Waals surface area contributed by atoms with Crippen LogP contribution in [0.15, 0.2) is 24.3 Å². The van der Waals surface area contributed by atoms with Gasteiger partial charge in [-0.25, -0.2) is 0 Å². The molecule has 0 saturated heterocycles. The number of para-hydroxylation sites is 1. The molecule has 0 radical (unpaired) electrons. The molecular formula is C15H25NO2S. The van der Waals surface area contributed by atoms with Crippen molar-refractivity contribution < 1.29 is 9.84 Å². The minimum Gasteiger partial charge on any atom is -0.494 e. The van der Waals surface area contributed by atoms with Crippen LogP contribution in [0.4, 0.5) is 0 Å². The highest BCUT2D eigenvalue weighted by Crippen LogP contribution is 2.27. The van der Waals surface area contributed by atoms with Crippen molar-refractivity contribution in [3.05, 3.63) is 29.8 Å². The Morgan fingerprint density at radius 3 is 2.79 bits per heavy atom. The summed E-state index contributed by atoms with van der Waals surface area (Å²) in [6.07, 6.45) is 0.858. The van der Waals surface area contributed by atoms with Gasteiger partial charge in [-0.3, -0.25) is 0 Å². The van der Waals surface area contributed by atoms with Crippen molar-refractivity contribution in [2.75, 3.05) is 31.3 Å². The van der Waals surface area contributed by atoms with E-state index in [0.29, 0.717) is 12.6 Å². The predicted molar refractivity (Wildman–Crippen MR) is 83.1 cm³/mol. The number of aliphatic hydroxyl groups is 1. The van der Waals surface area contributed by atoms with Crippen LogP contribution in [0.1, 0.15) is 31.9 Å². The SMILES string of the molecule is CCNC(CSCCCO)c1ccccc1OCC. The van der Waals surface area contributed by atoms with Crippen LogP contribution in [-0.4, -0.2) is 36.4 Å². The summed E-state index contributed by atoms with van der Waals surface area (Å²) in [5, 5.41) is 12.3. The van der Waals surface area contributed by atoms with Gasteiger partial charge in [0.05, 0.1) is 6.61 Å². The molecule has 19 heavy (non-hydrogen) atoms.